The molecule has 0 aliphatic heterocycles. The van der Waals surface area contributed by atoms with Crippen LogP contribution in [0.2, 0.25) is 5.02 Å². The molecule has 0 radical (unpaired) electrons. The maximum atomic E-state index is 5.85. The van der Waals surface area contributed by atoms with Crippen molar-refractivity contribution >= 4 is 34.6 Å². The molecule has 1 atom stereocenters. The SMILES string of the molecule is COc1ccc([C@@H](C)NC(=S)Nc2ccc(Cl)cc2)cc1. The van der Waals surface area contributed by atoms with Gasteiger partial charge in [0.05, 0.1) is 13.2 Å². The maximum Gasteiger partial charge on any atom is 0.171 e. The normalized spacial score (nSPS) is 11.6. The van der Waals surface area contributed by atoms with Gasteiger partial charge >= 0.3 is 0 Å². The molecule has 0 amide bonds. The summed E-state index contributed by atoms with van der Waals surface area (Å²) in [5.74, 6) is 0.841. The fourth-order valence-corrected chi connectivity index (χ4v) is 2.29. The van der Waals surface area contributed by atoms with Gasteiger partial charge in [-0.15, -0.1) is 0 Å². The van der Waals surface area contributed by atoms with Crippen LogP contribution in [-0.4, -0.2) is 12.2 Å². The molecule has 0 fully saturated rings. The number of hydrogen-bond acceptors (Lipinski definition) is 2. The van der Waals surface area contributed by atoms with Gasteiger partial charge < -0.3 is 15.4 Å². The zero-order chi connectivity index (χ0) is 15.2. The number of methoxy groups -OCH3 is 1. The van der Waals surface area contributed by atoms with Crippen LogP contribution in [-0.2, 0) is 0 Å². The van der Waals surface area contributed by atoms with Crippen LogP contribution in [0.4, 0.5) is 5.69 Å². The highest BCUT2D eigenvalue weighted by atomic mass is 35.5. The predicted octanol–water partition coefficient (Wildman–Crippen LogP) is 4.40. The molecule has 5 heteroatoms. The zero-order valence-electron chi connectivity index (χ0n) is 11.9. The molecule has 0 spiro atoms. The first kappa shape index (κ1) is 15.6. The highest BCUT2D eigenvalue weighted by Gasteiger charge is 2.07. The molecule has 2 N–H and O–H groups in total. The summed E-state index contributed by atoms with van der Waals surface area (Å²) < 4.78 is 5.15. The van der Waals surface area contributed by atoms with Gasteiger partial charge in [-0.25, -0.2) is 0 Å². The number of hydrogen-bond donors (Lipinski definition) is 2. The van der Waals surface area contributed by atoms with Gasteiger partial charge in [-0.1, -0.05) is 23.7 Å². The summed E-state index contributed by atoms with van der Waals surface area (Å²) in [5.41, 5.74) is 2.04. The van der Waals surface area contributed by atoms with Gasteiger partial charge in [0.1, 0.15) is 5.75 Å². The van der Waals surface area contributed by atoms with Gasteiger partial charge in [0.25, 0.3) is 0 Å². The van der Waals surface area contributed by atoms with Crippen molar-refractivity contribution in [3.63, 3.8) is 0 Å². The van der Waals surface area contributed by atoms with E-state index < -0.39 is 0 Å². The molecular weight excluding hydrogens is 304 g/mol. The fourth-order valence-electron chi connectivity index (χ4n) is 1.87. The van der Waals surface area contributed by atoms with E-state index in [1.165, 1.54) is 0 Å². The van der Waals surface area contributed by atoms with Gasteiger partial charge in [-0.3, -0.25) is 0 Å². The van der Waals surface area contributed by atoms with E-state index in [1.54, 1.807) is 7.11 Å². The fraction of sp³-hybridized carbons (Fsp3) is 0.188. The lowest BCUT2D eigenvalue weighted by atomic mass is 10.1. The van der Waals surface area contributed by atoms with Gasteiger partial charge in [-0.05, 0) is 61.1 Å². The van der Waals surface area contributed by atoms with E-state index in [1.807, 2.05) is 48.5 Å². The number of anilines is 1. The molecule has 0 aliphatic rings. The third-order valence-corrected chi connectivity index (χ3v) is 3.54. The first-order chi connectivity index (χ1) is 10.1. The molecule has 0 bridgehead atoms. The van der Waals surface area contributed by atoms with E-state index in [4.69, 9.17) is 28.6 Å². The number of rotatable bonds is 4. The number of thiocarbonyl (C=S) groups is 1. The zero-order valence-corrected chi connectivity index (χ0v) is 13.5. The molecule has 0 aliphatic carbocycles. The summed E-state index contributed by atoms with van der Waals surface area (Å²) in [7, 11) is 1.65. The van der Waals surface area contributed by atoms with E-state index >= 15 is 0 Å². The second-order valence-corrected chi connectivity index (χ2v) is 5.44. The first-order valence-corrected chi connectivity index (χ1v) is 7.34. The van der Waals surface area contributed by atoms with Crippen molar-refractivity contribution in [2.24, 2.45) is 0 Å². The Balaban J connectivity index is 1.93. The molecule has 2 aromatic rings. The molecule has 3 nitrogen and oxygen atoms in total. The summed E-state index contributed by atoms with van der Waals surface area (Å²) in [4.78, 5) is 0. The van der Waals surface area contributed by atoms with E-state index in [0.717, 1.165) is 17.0 Å². The number of halogens is 1. The highest BCUT2D eigenvalue weighted by molar-refractivity contribution is 7.80. The van der Waals surface area contributed by atoms with E-state index in [9.17, 15) is 0 Å². The number of nitrogens with one attached hydrogen (secondary N) is 2. The van der Waals surface area contributed by atoms with Crippen LogP contribution < -0.4 is 15.4 Å². The van der Waals surface area contributed by atoms with Crippen molar-refractivity contribution in [1.29, 1.82) is 0 Å². The maximum absolute atomic E-state index is 5.85. The van der Waals surface area contributed by atoms with Crippen molar-refractivity contribution in [2.45, 2.75) is 13.0 Å². The van der Waals surface area contributed by atoms with Crippen molar-refractivity contribution in [3.05, 3.63) is 59.1 Å². The van der Waals surface area contributed by atoms with Crippen LogP contribution in [0.5, 0.6) is 5.75 Å². The molecular formula is C16H17ClN2OS. The molecule has 0 saturated heterocycles. The summed E-state index contributed by atoms with van der Waals surface area (Å²) in [6, 6.07) is 15.4. The minimum atomic E-state index is 0.100. The van der Waals surface area contributed by atoms with Crippen molar-refractivity contribution < 1.29 is 4.74 Å². The number of ether oxygens (including phenoxy) is 1. The van der Waals surface area contributed by atoms with Gasteiger partial charge in [0.2, 0.25) is 0 Å². The Bertz CT molecular complexity index is 599. The lowest BCUT2D eigenvalue weighted by Crippen LogP contribution is -2.30. The van der Waals surface area contributed by atoms with Crippen LogP contribution >= 0.6 is 23.8 Å². The van der Waals surface area contributed by atoms with Crippen LogP contribution in [0.1, 0.15) is 18.5 Å². The minimum Gasteiger partial charge on any atom is -0.497 e. The standard InChI is InChI=1S/C16H17ClN2OS/c1-11(12-3-9-15(20-2)10-4-12)18-16(21)19-14-7-5-13(17)6-8-14/h3-11H,1-2H3,(H2,18,19,21)/t11-/m1/s1. The van der Waals surface area contributed by atoms with Gasteiger partial charge in [-0.2, -0.15) is 0 Å². The van der Waals surface area contributed by atoms with Crippen molar-refractivity contribution in [2.75, 3.05) is 12.4 Å². The van der Waals surface area contributed by atoms with E-state index in [0.29, 0.717) is 10.1 Å². The third-order valence-electron chi connectivity index (χ3n) is 3.07. The molecule has 0 saturated carbocycles. The molecule has 0 unspecified atom stereocenters. The average Bonchev–Trinajstić information content (AvgIpc) is 2.49. The van der Waals surface area contributed by atoms with Crippen LogP contribution in [0.15, 0.2) is 48.5 Å². The predicted molar refractivity (Wildman–Crippen MR) is 92.2 cm³/mol. The lowest BCUT2D eigenvalue weighted by Gasteiger charge is -2.17. The minimum absolute atomic E-state index is 0.100. The molecule has 2 aromatic carbocycles. The molecule has 110 valence electrons. The van der Waals surface area contributed by atoms with E-state index in [2.05, 4.69) is 17.6 Å². The van der Waals surface area contributed by atoms with Gasteiger partial charge in [0.15, 0.2) is 5.11 Å². The smallest absolute Gasteiger partial charge is 0.171 e. The molecule has 0 heterocycles. The van der Waals surface area contributed by atoms with E-state index in [-0.39, 0.29) is 6.04 Å². The third kappa shape index (κ3) is 4.62. The highest BCUT2D eigenvalue weighted by Crippen LogP contribution is 2.18. The Labute approximate surface area is 135 Å². The summed E-state index contributed by atoms with van der Waals surface area (Å²) in [6.45, 7) is 2.05. The van der Waals surface area contributed by atoms with Crippen LogP contribution in [0.25, 0.3) is 0 Å². The second kappa shape index (κ2) is 7.29. The molecule has 0 aromatic heterocycles. The Morgan fingerprint density at radius 1 is 1.10 bits per heavy atom. The molecule has 2 rings (SSSR count). The summed E-state index contributed by atoms with van der Waals surface area (Å²) >= 11 is 11.2. The topological polar surface area (TPSA) is 33.3 Å². The van der Waals surface area contributed by atoms with Crippen LogP contribution in [0.3, 0.4) is 0 Å². The summed E-state index contributed by atoms with van der Waals surface area (Å²) in [5, 5.41) is 7.64. The Morgan fingerprint density at radius 2 is 1.71 bits per heavy atom. The average molecular weight is 321 g/mol. The largest absolute Gasteiger partial charge is 0.497 e. The molecule has 21 heavy (non-hydrogen) atoms. The van der Waals surface area contributed by atoms with Crippen LogP contribution in [0, 0.1) is 0 Å². The Morgan fingerprint density at radius 3 is 2.29 bits per heavy atom. The Hall–Kier alpha value is -1.78. The number of benzene rings is 2. The summed E-state index contributed by atoms with van der Waals surface area (Å²) in [6.07, 6.45) is 0. The lowest BCUT2D eigenvalue weighted by molar-refractivity contribution is 0.414. The van der Waals surface area contributed by atoms with Crippen molar-refractivity contribution in [1.82, 2.24) is 5.32 Å². The first-order valence-electron chi connectivity index (χ1n) is 6.55. The van der Waals surface area contributed by atoms with Crippen molar-refractivity contribution in [3.8, 4) is 5.75 Å². The Kier molecular flexibility index (Phi) is 5.42. The quantitative estimate of drug-likeness (QED) is 0.818. The second-order valence-electron chi connectivity index (χ2n) is 4.60. The van der Waals surface area contributed by atoms with Gasteiger partial charge in [0, 0.05) is 10.7 Å². The monoisotopic (exact) mass is 320 g/mol.